The minimum absolute atomic E-state index is 0.0603. The van der Waals surface area contributed by atoms with E-state index in [9.17, 15) is 18.0 Å². The average molecular weight is 384 g/mol. The normalized spacial score (nSPS) is 11.2. The van der Waals surface area contributed by atoms with Gasteiger partial charge in [-0.05, 0) is 24.3 Å². The first-order chi connectivity index (χ1) is 12.3. The second-order valence-corrected chi connectivity index (χ2v) is 5.27. The van der Waals surface area contributed by atoms with Gasteiger partial charge in [-0.2, -0.15) is 18.3 Å². The summed E-state index contributed by atoms with van der Waals surface area (Å²) in [6, 6.07) is 7.20. The summed E-state index contributed by atoms with van der Waals surface area (Å²) in [4.78, 5) is 19.5. The van der Waals surface area contributed by atoms with Gasteiger partial charge in [0.1, 0.15) is 5.82 Å². The molecule has 1 amide bonds. The molecular formula is C15H9ClF3N5O2. The fourth-order valence-corrected chi connectivity index (χ4v) is 2.11. The van der Waals surface area contributed by atoms with E-state index in [2.05, 4.69) is 20.4 Å². The van der Waals surface area contributed by atoms with Gasteiger partial charge in [-0.25, -0.2) is 19.4 Å². The number of aromatic nitrogens is 4. The van der Waals surface area contributed by atoms with Gasteiger partial charge in [0.2, 0.25) is 0 Å². The van der Waals surface area contributed by atoms with Crippen LogP contribution in [0, 0.1) is 0 Å². The van der Waals surface area contributed by atoms with Gasteiger partial charge in [0.15, 0.2) is 17.3 Å². The van der Waals surface area contributed by atoms with E-state index in [0.717, 1.165) is 6.20 Å². The molecule has 3 heterocycles. The van der Waals surface area contributed by atoms with Gasteiger partial charge in [0, 0.05) is 12.4 Å². The van der Waals surface area contributed by atoms with E-state index < -0.39 is 23.7 Å². The van der Waals surface area contributed by atoms with Crippen molar-refractivity contribution < 1.29 is 22.7 Å². The number of hydrogen-bond donors (Lipinski definition) is 1. The molecule has 3 aromatic rings. The van der Waals surface area contributed by atoms with Crippen molar-refractivity contribution in [3.63, 3.8) is 0 Å². The second kappa shape index (κ2) is 7.00. The second-order valence-electron chi connectivity index (χ2n) is 4.83. The highest BCUT2D eigenvalue weighted by molar-refractivity contribution is 6.30. The van der Waals surface area contributed by atoms with E-state index in [1.807, 2.05) is 0 Å². The summed E-state index contributed by atoms with van der Waals surface area (Å²) in [5.74, 6) is -0.783. The van der Waals surface area contributed by atoms with Crippen LogP contribution in [0.5, 0.6) is 5.75 Å². The molecule has 7 nitrogen and oxygen atoms in total. The van der Waals surface area contributed by atoms with Crippen LogP contribution in [-0.4, -0.2) is 25.8 Å². The largest absolute Gasteiger partial charge is 0.437 e. The summed E-state index contributed by atoms with van der Waals surface area (Å²) in [7, 11) is 0. The molecule has 0 fully saturated rings. The lowest BCUT2D eigenvalue weighted by atomic mass is 10.3. The molecule has 0 unspecified atom stereocenters. The number of pyridine rings is 2. The number of nitrogens with zero attached hydrogens (tertiary/aromatic N) is 4. The summed E-state index contributed by atoms with van der Waals surface area (Å²) in [6.45, 7) is 0. The molecule has 0 saturated carbocycles. The Balaban J connectivity index is 1.87. The molecular weight excluding hydrogens is 375 g/mol. The highest BCUT2D eigenvalue weighted by Crippen LogP contribution is 2.37. The van der Waals surface area contributed by atoms with Gasteiger partial charge in [-0.15, -0.1) is 0 Å². The van der Waals surface area contributed by atoms with E-state index in [1.165, 1.54) is 36.7 Å². The van der Waals surface area contributed by atoms with Crippen molar-refractivity contribution in [2.75, 3.05) is 5.32 Å². The molecule has 0 aromatic carbocycles. The number of amides is 1. The van der Waals surface area contributed by atoms with E-state index in [0.29, 0.717) is 9.70 Å². The maximum atomic E-state index is 13.4. The molecule has 0 aliphatic carbocycles. The number of anilines is 1. The monoisotopic (exact) mass is 383 g/mol. The Labute approximate surface area is 149 Å². The molecule has 3 rings (SSSR count). The number of nitrogens with one attached hydrogen (secondary N) is 1. The van der Waals surface area contributed by atoms with Crippen molar-refractivity contribution in [2.24, 2.45) is 0 Å². The summed E-state index contributed by atoms with van der Waals surface area (Å²) in [6.07, 6.45) is -2.63. The number of carbonyl (C=O) groups is 1. The Morgan fingerprint density at radius 3 is 2.58 bits per heavy atom. The maximum Gasteiger partial charge on any atom is 0.437 e. The van der Waals surface area contributed by atoms with Crippen molar-refractivity contribution in [1.82, 2.24) is 19.7 Å². The Hall–Kier alpha value is -3.14. The number of carbonyl (C=O) groups excluding carboxylic acids is 1. The van der Waals surface area contributed by atoms with E-state index >= 15 is 0 Å². The molecule has 0 radical (unpaired) electrons. The molecule has 26 heavy (non-hydrogen) atoms. The first-order valence-corrected chi connectivity index (χ1v) is 7.39. The van der Waals surface area contributed by atoms with Gasteiger partial charge < -0.3 is 4.74 Å². The fourth-order valence-electron chi connectivity index (χ4n) is 2.00. The van der Waals surface area contributed by atoms with Crippen LogP contribution in [0.15, 0.2) is 48.9 Å². The molecule has 134 valence electrons. The van der Waals surface area contributed by atoms with Crippen molar-refractivity contribution in [3.8, 4) is 11.6 Å². The van der Waals surface area contributed by atoms with Gasteiger partial charge in [-0.1, -0.05) is 17.7 Å². The zero-order valence-electron chi connectivity index (χ0n) is 12.7. The molecule has 0 aliphatic heterocycles. The minimum Gasteiger partial charge on any atom is -0.406 e. The summed E-state index contributed by atoms with van der Waals surface area (Å²) < 4.78 is 45.6. The third kappa shape index (κ3) is 3.91. The quantitative estimate of drug-likeness (QED) is 0.740. The van der Waals surface area contributed by atoms with Crippen LogP contribution in [0.3, 0.4) is 0 Å². The Morgan fingerprint density at radius 1 is 1.15 bits per heavy atom. The highest BCUT2D eigenvalue weighted by Gasteiger charge is 2.40. The molecule has 11 heteroatoms. The standard InChI is InChI=1S/C15H9ClF3N5O2/c16-9-4-5-11(21-7-9)23-14(25)26-10-8-22-24(13(10)15(17,18)19)12-3-1-2-6-20-12/h1-8H,(H,21,23,25). The topological polar surface area (TPSA) is 81.9 Å². The Kier molecular flexibility index (Phi) is 4.76. The number of rotatable bonds is 3. The predicted octanol–water partition coefficient (Wildman–Crippen LogP) is 3.95. The van der Waals surface area contributed by atoms with Crippen LogP contribution < -0.4 is 10.1 Å². The predicted molar refractivity (Wildman–Crippen MR) is 85.3 cm³/mol. The van der Waals surface area contributed by atoms with Crippen molar-refractivity contribution in [2.45, 2.75) is 6.18 Å². The van der Waals surface area contributed by atoms with Crippen LogP contribution in [0.25, 0.3) is 5.82 Å². The van der Waals surface area contributed by atoms with Crippen LogP contribution in [0.4, 0.5) is 23.8 Å². The fraction of sp³-hybridized carbons (Fsp3) is 0.0667. The van der Waals surface area contributed by atoms with Crippen LogP contribution >= 0.6 is 11.6 Å². The lowest BCUT2D eigenvalue weighted by Crippen LogP contribution is -2.20. The molecule has 0 aliphatic rings. The minimum atomic E-state index is -4.83. The molecule has 0 saturated heterocycles. The zero-order chi connectivity index (χ0) is 18.7. The van der Waals surface area contributed by atoms with Gasteiger partial charge >= 0.3 is 12.3 Å². The molecule has 0 bridgehead atoms. The van der Waals surface area contributed by atoms with E-state index in [-0.39, 0.29) is 11.6 Å². The number of hydrogen-bond acceptors (Lipinski definition) is 5. The SMILES string of the molecule is O=C(Nc1ccc(Cl)cn1)Oc1cnn(-c2ccccn2)c1C(F)(F)F. The van der Waals surface area contributed by atoms with Gasteiger partial charge in [0.05, 0.1) is 11.2 Å². The van der Waals surface area contributed by atoms with Gasteiger partial charge in [0.25, 0.3) is 0 Å². The zero-order valence-corrected chi connectivity index (χ0v) is 13.5. The summed E-state index contributed by atoms with van der Waals surface area (Å²) in [5, 5.41) is 6.15. The first-order valence-electron chi connectivity index (χ1n) is 7.01. The van der Waals surface area contributed by atoms with E-state index in [1.54, 1.807) is 6.07 Å². The molecule has 0 atom stereocenters. The lowest BCUT2D eigenvalue weighted by Gasteiger charge is -2.12. The average Bonchev–Trinajstić information content (AvgIpc) is 3.01. The van der Waals surface area contributed by atoms with Crippen LogP contribution in [0.1, 0.15) is 5.69 Å². The molecule has 1 N–H and O–H groups in total. The lowest BCUT2D eigenvalue weighted by molar-refractivity contribution is -0.143. The van der Waals surface area contributed by atoms with Crippen LogP contribution in [-0.2, 0) is 6.18 Å². The third-order valence-corrected chi connectivity index (χ3v) is 3.25. The third-order valence-electron chi connectivity index (χ3n) is 3.03. The van der Waals surface area contributed by atoms with E-state index in [4.69, 9.17) is 16.3 Å². The summed E-state index contributed by atoms with van der Waals surface area (Å²) in [5.41, 5.74) is -1.27. The van der Waals surface area contributed by atoms with Crippen molar-refractivity contribution in [3.05, 3.63) is 59.6 Å². The van der Waals surface area contributed by atoms with Crippen molar-refractivity contribution in [1.29, 1.82) is 0 Å². The number of halogens is 4. The maximum absolute atomic E-state index is 13.4. The van der Waals surface area contributed by atoms with Gasteiger partial charge in [-0.3, -0.25) is 5.32 Å². The van der Waals surface area contributed by atoms with Crippen molar-refractivity contribution >= 4 is 23.5 Å². The summed E-state index contributed by atoms with van der Waals surface area (Å²) >= 11 is 5.66. The Bertz CT molecular complexity index is 913. The first kappa shape index (κ1) is 17.7. The molecule has 0 spiro atoms. The van der Waals surface area contributed by atoms with Crippen LogP contribution in [0.2, 0.25) is 5.02 Å². The molecule has 3 aromatic heterocycles. The highest BCUT2D eigenvalue weighted by atomic mass is 35.5. The number of ether oxygens (including phenoxy) is 1. The smallest absolute Gasteiger partial charge is 0.406 e. The number of alkyl halides is 3. The Morgan fingerprint density at radius 2 is 1.96 bits per heavy atom.